The number of anilines is 2. The number of rotatable bonds is 9. The molecule has 5 nitrogen and oxygen atoms in total. The molecular weight excluding hydrogens is 290 g/mol. The molecule has 6 heteroatoms. The van der Waals surface area contributed by atoms with Crippen molar-refractivity contribution in [2.24, 2.45) is 5.73 Å². The van der Waals surface area contributed by atoms with Gasteiger partial charge in [0.25, 0.3) is 0 Å². The Morgan fingerprint density at radius 2 is 2.24 bits per heavy atom. The van der Waals surface area contributed by atoms with Crippen molar-refractivity contribution in [3.63, 3.8) is 0 Å². The van der Waals surface area contributed by atoms with E-state index in [4.69, 9.17) is 22.1 Å². The number of amides is 1. The first-order chi connectivity index (χ1) is 10.1. The number of nitrogens with one attached hydrogen (secondary N) is 2. The Balaban J connectivity index is 2.78. The summed E-state index contributed by atoms with van der Waals surface area (Å²) in [5.74, 6) is -0.0279. The molecule has 0 spiro atoms. The van der Waals surface area contributed by atoms with Gasteiger partial charge in [-0.25, -0.2) is 0 Å². The van der Waals surface area contributed by atoms with Crippen LogP contribution in [0.4, 0.5) is 11.4 Å². The van der Waals surface area contributed by atoms with Crippen LogP contribution >= 0.6 is 11.6 Å². The Morgan fingerprint density at radius 1 is 1.48 bits per heavy atom. The van der Waals surface area contributed by atoms with E-state index in [9.17, 15) is 4.79 Å². The molecule has 1 aromatic carbocycles. The first-order valence-electron chi connectivity index (χ1n) is 7.15. The van der Waals surface area contributed by atoms with Gasteiger partial charge in [0.2, 0.25) is 5.91 Å². The normalized spacial score (nSPS) is 12.0. The molecule has 0 aliphatic carbocycles. The second kappa shape index (κ2) is 9.60. The third kappa shape index (κ3) is 6.33. The number of hydrogen-bond acceptors (Lipinski definition) is 4. The number of nitrogens with two attached hydrogens (primary N) is 1. The van der Waals surface area contributed by atoms with Crippen LogP contribution in [0.2, 0.25) is 5.02 Å². The summed E-state index contributed by atoms with van der Waals surface area (Å²) in [4.78, 5) is 11.4. The van der Waals surface area contributed by atoms with Crippen molar-refractivity contribution < 1.29 is 9.53 Å². The van der Waals surface area contributed by atoms with Gasteiger partial charge in [-0.15, -0.1) is 0 Å². The fraction of sp³-hybridized carbons (Fsp3) is 0.533. The molecule has 0 saturated carbocycles. The van der Waals surface area contributed by atoms with Gasteiger partial charge in [0.1, 0.15) is 0 Å². The van der Waals surface area contributed by atoms with Gasteiger partial charge in [0.05, 0.1) is 17.3 Å². The minimum atomic E-state index is -0.0279. The number of carbonyl (C=O) groups is 1. The molecule has 0 radical (unpaired) electrons. The fourth-order valence-electron chi connectivity index (χ4n) is 1.95. The summed E-state index contributed by atoms with van der Waals surface area (Å²) in [6, 6.07) is 5.52. The quantitative estimate of drug-likeness (QED) is 0.655. The molecule has 0 aromatic heterocycles. The number of hydrogen-bond donors (Lipinski definition) is 3. The standard InChI is InChI=1S/C15H24ClN3O2/c1-3-15(20)19-11-6-7-13(16)14(9-11)18-12(10-21-2)5-4-8-17/h6-7,9,12,18H,3-5,8,10,17H2,1-2H3,(H,19,20). The highest BCUT2D eigenvalue weighted by Gasteiger charge is 2.11. The van der Waals surface area contributed by atoms with Crippen molar-refractivity contribution in [1.82, 2.24) is 0 Å². The maximum absolute atomic E-state index is 11.4. The van der Waals surface area contributed by atoms with Crippen molar-refractivity contribution >= 4 is 28.9 Å². The van der Waals surface area contributed by atoms with E-state index in [-0.39, 0.29) is 11.9 Å². The highest BCUT2D eigenvalue weighted by molar-refractivity contribution is 6.33. The molecule has 1 aromatic rings. The van der Waals surface area contributed by atoms with Crippen LogP contribution in [-0.4, -0.2) is 32.2 Å². The van der Waals surface area contributed by atoms with Gasteiger partial charge in [-0.3, -0.25) is 4.79 Å². The van der Waals surface area contributed by atoms with Crippen LogP contribution < -0.4 is 16.4 Å². The van der Waals surface area contributed by atoms with E-state index in [1.54, 1.807) is 19.2 Å². The van der Waals surface area contributed by atoms with Crippen LogP contribution in [0.5, 0.6) is 0 Å². The highest BCUT2D eigenvalue weighted by Crippen LogP contribution is 2.27. The molecule has 1 rings (SSSR count). The van der Waals surface area contributed by atoms with E-state index >= 15 is 0 Å². The summed E-state index contributed by atoms with van der Waals surface area (Å²) >= 11 is 6.20. The van der Waals surface area contributed by atoms with Gasteiger partial charge in [-0.2, -0.15) is 0 Å². The number of benzene rings is 1. The summed E-state index contributed by atoms with van der Waals surface area (Å²) in [7, 11) is 1.66. The summed E-state index contributed by atoms with van der Waals surface area (Å²) < 4.78 is 5.21. The molecule has 1 unspecified atom stereocenters. The van der Waals surface area contributed by atoms with Gasteiger partial charge in [0.15, 0.2) is 0 Å². The molecule has 4 N–H and O–H groups in total. The third-order valence-corrected chi connectivity index (χ3v) is 3.39. The highest BCUT2D eigenvalue weighted by atomic mass is 35.5. The zero-order valence-electron chi connectivity index (χ0n) is 12.6. The number of ether oxygens (including phenoxy) is 1. The summed E-state index contributed by atoms with van der Waals surface area (Å²) in [5.41, 5.74) is 7.06. The molecule has 0 heterocycles. The molecule has 0 aliphatic heterocycles. The van der Waals surface area contributed by atoms with Crippen LogP contribution in [0.3, 0.4) is 0 Å². The summed E-state index contributed by atoms with van der Waals surface area (Å²) in [6.45, 7) is 3.02. The van der Waals surface area contributed by atoms with E-state index in [1.807, 2.05) is 13.0 Å². The first-order valence-corrected chi connectivity index (χ1v) is 7.53. The lowest BCUT2D eigenvalue weighted by Crippen LogP contribution is -2.26. The van der Waals surface area contributed by atoms with Crippen molar-refractivity contribution in [2.75, 3.05) is 30.9 Å². The van der Waals surface area contributed by atoms with Gasteiger partial charge >= 0.3 is 0 Å². The topological polar surface area (TPSA) is 76.4 Å². The lowest BCUT2D eigenvalue weighted by molar-refractivity contribution is -0.115. The number of halogens is 1. The van der Waals surface area contributed by atoms with E-state index in [1.165, 1.54) is 0 Å². The zero-order valence-corrected chi connectivity index (χ0v) is 13.4. The fourth-order valence-corrected chi connectivity index (χ4v) is 2.12. The molecule has 0 saturated heterocycles. The smallest absolute Gasteiger partial charge is 0.224 e. The van der Waals surface area contributed by atoms with Crippen LogP contribution in [0.15, 0.2) is 18.2 Å². The maximum atomic E-state index is 11.4. The second-order valence-electron chi connectivity index (χ2n) is 4.82. The Bertz CT molecular complexity index is 455. The van der Waals surface area contributed by atoms with Crippen LogP contribution in [0.25, 0.3) is 0 Å². The van der Waals surface area contributed by atoms with E-state index in [0.717, 1.165) is 24.2 Å². The van der Waals surface area contributed by atoms with Crippen LogP contribution in [0, 0.1) is 0 Å². The van der Waals surface area contributed by atoms with Crippen molar-refractivity contribution in [3.8, 4) is 0 Å². The minimum Gasteiger partial charge on any atom is -0.383 e. The third-order valence-electron chi connectivity index (χ3n) is 3.06. The largest absolute Gasteiger partial charge is 0.383 e. The molecule has 21 heavy (non-hydrogen) atoms. The predicted molar refractivity (Wildman–Crippen MR) is 87.9 cm³/mol. The zero-order chi connectivity index (χ0) is 15.7. The number of methoxy groups -OCH3 is 1. The molecule has 0 fully saturated rings. The minimum absolute atomic E-state index is 0.0279. The molecule has 1 amide bonds. The second-order valence-corrected chi connectivity index (χ2v) is 5.23. The number of carbonyl (C=O) groups excluding carboxylic acids is 1. The maximum Gasteiger partial charge on any atom is 0.224 e. The summed E-state index contributed by atoms with van der Waals surface area (Å²) in [5, 5.41) is 6.78. The van der Waals surface area contributed by atoms with Crippen molar-refractivity contribution in [1.29, 1.82) is 0 Å². The molecule has 1 atom stereocenters. The van der Waals surface area contributed by atoms with Crippen molar-refractivity contribution in [2.45, 2.75) is 32.2 Å². The molecule has 0 aliphatic rings. The van der Waals surface area contributed by atoms with E-state index < -0.39 is 0 Å². The van der Waals surface area contributed by atoms with Crippen molar-refractivity contribution in [3.05, 3.63) is 23.2 Å². The molecule has 118 valence electrons. The average Bonchev–Trinajstić information content (AvgIpc) is 2.48. The monoisotopic (exact) mass is 313 g/mol. The van der Waals surface area contributed by atoms with Crippen LogP contribution in [-0.2, 0) is 9.53 Å². The molecular formula is C15H24ClN3O2. The lowest BCUT2D eigenvalue weighted by atomic mass is 10.1. The van der Waals surface area contributed by atoms with E-state index in [0.29, 0.717) is 24.6 Å². The van der Waals surface area contributed by atoms with Crippen LogP contribution in [0.1, 0.15) is 26.2 Å². The van der Waals surface area contributed by atoms with Gasteiger partial charge in [0, 0.05) is 25.3 Å². The lowest BCUT2D eigenvalue weighted by Gasteiger charge is -2.20. The van der Waals surface area contributed by atoms with Gasteiger partial charge < -0.3 is 21.1 Å². The Morgan fingerprint density at radius 3 is 2.86 bits per heavy atom. The Labute approximate surface area is 131 Å². The average molecular weight is 314 g/mol. The van der Waals surface area contributed by atoms with Gasteiger partial charge in [-0.1, -0.05) is 18.5 Å². The SMILES string of the molecule is CCC(=O)Nc1ccc(Cl)c(NC(CCCN)COC)c1. The first kappa shape index (κ1) is 17.8. The Hall–Kier alpha value is -1.30. The van der Waals surface area contributed by atoms with Gasteiger partial charge in [-0.05, 0) is 37.6 Å². The Kier molecular flexibility index (Phi) is 8.12. The molecule has 0 bridgehead atoms. The predicted octanol–water partition coefficient (Wildman–Crippen LogP) is 2.85. The van der Waals surface area contributed by atoms with E-state index in [2.05, 4.69) is 10.6 Å². The summed E-state index contributed by atoms with van der Waals surface area (Å²) in [6.07, 6.45) is 2.24.